The van der Waals surface area contributed by atoms with Gasteiger partial charge in [-0.25, -0.2) is 4.79 Å². The largest absolute Gasteiger partial charge is 0.495 e. The highest BCUT2D eigenvalue weighted by atomic mass is 16.5. The van der Waals surface area contributed by atoms with Crippen molar-refractivity contribution in [2.24, 2.45) is 0 Å². The third-order valence-corrected chi connectivity index (χ3v) is 6.09. The number of benzene rings is 2. The highest BCUT2D eigenvalue weighted by Gasteiger charge is 2.31. The van der Waals surface area contributed by atoms with Gasteiger partial charge in [-0.2, -0.15) is 0 Å². The van der Waals surface area contributed by atoms with Crippen LogP contribution in [0.3, 0.4) is 0 Å². The van der Waals surface area contributed by atoms with Gasteiger partial charge in [-0.1, -0.05) is 18.2 Å². The van der Waals surface area contributed by atoms with Crippen LogP contribution in [-0.4, -0.2) is 61.7 Å². The lowest BCUT2D eigenvalue weighted by Gasteiger charge is -2.36. The van der Waals surface area contributed by atoms with Crippen molar-refractivity contribution in [1.82, 2.24) is 9.80 Å². The number of methoxy groups -OCH3 is 3. The Morgan fingerprint density at radius 1 is 0.895 bits per heavy atom. The van der Waals surface area contributed by atoms with Crippen LogP contribution in [0.15, 0.2) is 65.3 Å². The second-order valence-electron chi connectivity index (χ2n) is 9.72. The van der Waals surface area contributed by atoms with Gasteiger partial charge in [0, 0.05) is 12.1 Å². The van der Waals surface area contributed by atoms with Crippen molar-refractivity contribution in [1.29, 1.82) is 0 Å². The van der Waals surface area contributed by atoms with Gasteiger partial charge in [0.05, 0.1) is 39.8 Å². The van der Waals surface area contributed by atoms with Crippen molar-refractivity contribution in [2.75, 3.05) is 39.7 Å². The van der Waals surface area contributed by atoms with Crippen molar-refractivity contribution in [3.63, 3.8) is 0 Å². The first-order valence-corrected chi connectivity index (χ1v) is 12.4. The number of urea groups is 1. The lowest BCUT2D eigenvalue weighted by atomic mass is 10.1. The molecule has 9 nitrogen and oxygen atoms in total. The molecule has 1 N–H and O–H groups in total. The summed E-state index contributed by atoms with van der Waals surface area (Å²) in [7, 11) is 4.72. The molecule has 0 saturated heterocycles. The van der Waals surface area contributed by atoms with Gasteiger partial charge in [0.15, 0.2) is 11.5 Å². The second kappa shape index (κ2) is 12.9. The quantitative estimate of drug-likeness (QED) is 0.371. The Kier molecular flexibility index (Phi) is 9.65. The SMILES string of the molecule is COc1ccccc1NC(=O)N(CC(=O)N(CCc1ccc(OC)c(OC)c1)Cc1ccco1)C(C)(C)C. The minimum absolute atomic E-state index is 0.114. The number of ether oxygens (including phenoxy) is 3. The predicted molar refractivity (Wildman–Crippen MR) is 146 cm³/mol. The summed E-state index contributed by atoms with van der Waals surface area (Å²) in [5.74, 6) is 2.26. The number of para-hydroxylation sites is 2. The number of hydrogen-bond acceptors (Lipinski definition) is 6. The average Bonchev–Trinajstić information content (AvgIpc) is 3.42. The molecule has 0 fully saturated rings. The fourth-order valence-corrected chi connectivity index (χ4v) is 3.96. The fraction of sp³-hybridized carbons (Fsp3) is 0.379. The number of furan rings is 1. The number of nitrogens with one attached hydrogen (secondary N) is 1. The third kappa shape index (κ3) is 7.44. The zero-order valence-corrected chi connectivity index (χ0v) is 22.9. The van der Waals surface area contributed by atoms with E-state index < -0.39 is 11.6 Å². The maximum Gasteiger partial charge on any atom is 0.322 e. The van der Waals surface area contributed by atoms with Gasteiger partial charge in [0.1, 0.15) is 18.1 Å². The maximum atomic E-state index is 13.6. The molecule has 3 rings (SSSR count). The standard InChI is InChI=1S/C29H37N3O6/c1-29(2,3)32(28(34)30-23-11-7-8-12-24(23)35-4)20-27(33)31(19-22-10-9-17-38-22)16-15-21-13-14-25(36-5)26(18-21)37-6/h7-14,17-18H,15-16,19-20H2,1-6H3,(H,30,34). The van der Waals surface area contributed by atoms with Crippen LogP contribution in [0.4, 0.5) is 10.5 Å². The Morgan fingerprint density at radius 3 is 2.24 bits per heavy atom. The monoisotopic (exact) mass is 523 g/mol. The minimum Gasteiger partial charge on any atom is -0.495 e. The number of nitrogens with zero attached hydrogens (tertiary/aromatic N) is 2. The van der Waals surface area contributed by atoms with Gasteiger partial charge in [-0.3, -0.25) is 4.79 Å². The van der Waals surface area contributed by atoms with Crippen molar-refractivity contribution >= 4 is 17.6 Å². The van der Waals surface area contributed by atoms with E-state index in [1.54, 1.807) is 50.7 Å². The summed E-state index contributed by atoms with van der Waals surface area (Å²) >= 11 is 0. The molecule has 1 aromatic heterocycles. The second-order valence-corrected chi connectivity index (χ2v) is 9.72. The molecule has 38 heavy (non-hydrogen) atoms. The molecule has 0 spiro atoms. The summed E-state index contributed by atoms with van der Waals surface area (Å²) in [5.41, 5.74) is 0.894. The molecule has 204 valence electrons. The first-order valence-electron chi connectivity index (χ1n) is 12.4. The average molecular weight is 524 g/mol. The summed E-state index contributed by atoms with van der Waals surface area (Å²) in [6.45, 7) is 6.26. The number of carbonyl (C=O) groups is 2. The van der Waals surface area contributed by atoms with Crippen molar-refractivity contribution in [3.8, 4) is 17.2 Å². The molecule has 9 heteroatoms. The van der Waals surface area contributed by atoms with E-state index in [9.17, 15) is 9.59 Å². The normalized spacial score (nSPS) is 11.0. The molecular weight excluding hydrogens is 486 g/mol. The van der Waals surface area contributed by atoms with Gasteiger partial charge in [0.25, 0.3) is 0 Å². The van der Waals surface area contributed by atoms with E-state index in [0.717, 1.165) is 5.56 Å². The van der Waals surface area contributed by atoms with Crippen LogP contribution in [0.5, 0.6) is 17.2 Å². The van der Waals surface area contributed by atoms with Crippen LogP contribution in [0.1, 0.15) is 32.1 Å². The summed E-state index contributed by atoms with van der Waals surface area (Å²) in [6.07, 6.45) is 2.16. The van der Waals surface area contributed by atoms with Gasteiger partial charge in [-0.05, 0) is 69.2 Å². The summed E-state index contributed by atoms with van der Waals surface area (Å²) < 4.78 is 21.6. The van der Waals surface area contributed by atoms with E-state index in [2.05, 4.69) is 5.32 Å². The van der Waals surface area contributed by atoms with Crippen LogP contribution in [0, 0.1) is 0 Å². The van der Waals surface area contributed by atoms with E-state index in [1.165, 1.54) is 4.90 Å². The molecule has 3 amide bonds. The number of hydrogen-bond donors (Lipinski definition) is 1. The maximum absolute atomic E-state index is 13.6. The topological polar surface area (TPSA) is 93.5 Å². The number of rotatable bonds is 11. The van der Waals surface area contributed by atoms with E-state index >= 15 is 0 Å². The Bertz CT molecular complexity index is 1200. The Morgan fingerprint density at radius 2 is 1.61 bits per heavy atom. The Hall–Kier alpha value is -4.14. The molecule has 0 atom stereocenters. The van der Waals surface area contributed by atoms with E-state index in [4.69, 9.17) is 18.6 Å². The molecule has 0 unspecified atom stereocenters. The molecule has 0 aliphatic heterocycles. The van der Waals surface area contributed by atoms with Gasteiger partial charge >= 0.3 is 6.03 Å². The molecule has 1 heterocycles. The minimum atomic E-state index is -0.624. The molecule has 3 aromatic rings. The van der Waals surface area contributed by atoms with Gasteiger partial charge < -0.3 is 33.7 Å². The van der Waals surface area contributed by atoms with Gasteiger partial charge in [-0.15, -0.1) is 0 Å². The van der Waals surface area contributed by atoms with Crippen molar-refractivity contribution < 1.29 is 28.2 Å². The summed E-state index contributed by atoms with van der Waals surface area (Å²) in [6, 6.07) is 16.1. The molecule has 0 saturated carbocycles. The molecule has 2 aromatic carbocycles. The molecule has 0 radical (unpaired) electrons. The Labute approximate surface area is 224 Å². The van der Waals surface area contributed by atoms with E-state index in [-0.39, 0.29) is 19.0 Å². The fourth-order valence-electron chi connectivity index (χ4n) is 3.96. The number of carbonyl (C=O) groups excluding carboxylic acids is 2. The summed E-state index contributed by atoms with van der Waals surface area (Å²) in [4.78, 5) is 30.2. The predicted octanol–water partition coefficient (Wildman–Crippen LogP) is 5.21. The van der Waals surface area contributed by atoms with Gasteiger partial charge in [0.2, 0.25) is 5.91 Å². The molecule has 0 aliphatic carbocycles. The van der Waals surface area contributed by atoms with Crippen molar-refractivity contribution in [3.05, 3.63) is 72.2 Å². The van der Waals surface area contributed by atoms with E-state index in [1.807, 2.05) is 57.2 Å². The van der Waals surface area contributed by atoms with Crippen molar-refractivity contribution in [2.45, 2.75) is 39.3 Å². The number of amides is 3. The molecular formula is C29H37N3O6. The molecule has 0 aliphatic rings. The van der Waals surface area contributed by atoms with Crippen LogP contribution in [0.25, 0.3) is 0 Å². The number of anilines is 1. The van der Waals surface area contributed by atoms with Crippen LogP contribution >= 0.6 is 0 Å². The van der Waals surface area contributed by atoms with Crippen LogP contribution in [0.2, 0.25) is 0 Å². The highest BCUT2D eigenvalue weighted by Crippen LogP contribution is 2.28. The molecule has 0 bridgehead atoms. The Balaban J connectivity index is 1.79. The zero-order chi connectivity index (χ0) is 27.7. The third-order valence-electron chi connectivity index (χ3n) is 6.09. The summed E-state index contributed by atoms with van der Waals surface area (Å²) in [5, 5.41) is 2.89. The first-order chi connectivity index (χ1) is 18.2. The zero-order valence-electron chi connectivity index (χ0n) is 22.9. The van der Waals surface area contributed by atoms with Crippen LogP contribution < -0.4 is 19.5 Å². The lowest BCUT2D eigenvalue weighted by Crippen LogP contribution is -2.52. The highest BCUT2D eigenvalue weighted by molar-refractivity contribution is 5.94. The van der Waals surface area contributed by atoms with Crippen LogP contribution in [-0.2, 0) is 17.8 Å². The first kappa shape index (κ1) is 28.4. The smallest absolute Gasteiger partial charge is 0.322 e. The van der Waals surface area contributed by atoms with E-state index in [0.29, 0.717) is 41.7 Å². The lowest BCUT2D eigenvalue weighted by molar-refractivity contribution is -0.133.